The van der Waals surface area contributed by atoms with Gasteiger partial charge in [0, 0.05) is 17.8 Å². The number of carbonyl (C=O) groups is 1. The number of hydrogen-bond acceptors (Lipinski definition) is 4. The zero-order valence-electron chi connectivity index (χ0n) is 16.8. The van der Waals surface area contributed by atoms with Crippen molar-refractivity contribution >= 4 is 17.7 Å². The lowest BCUT2D eigenvalue weighted by atomic mass is 10.0. The van der Waals surface area contributed by atoms with E-state index in [4.69, 9.17) is 0 Å². The van der Waals surface area contributed by atoms with Crippen LogP contribution in [0.2, 0.25) is 0 Å². The fraction of sp³-hybridized carbons (Fsp3) is 0.318. The number of thioether (sulfide) groups is 1. The van der Waals surface area contributed by atoms with Gasteiger partial charge in [-0.15, -0.1) is 10.2 Å². The van der Waals surface area contributed by atoms with Gasteiger partial charge in [-0.05, 0) is 45.4 Å². The fourth-order valence-electron chi connectivity index (χ4n) is 2.98. The summed E-state index contributed by atoms with van der Waals surface area (Å²) in [6, 6.07) is 20.1. The molecule has 0 saturated heterocycles. The Kier molecular flexibility index (Phi) is 6.19. The van der Waals surface area contributed by atoms with Crippen LogP contribution in [0.4, 0.5) is 0 Å². The van der Waals surface area contributed by atoms with Gasteiger partial charge in [0.15, 0.2) is 5.16 Å². The van der Waals surface area contributed by atoms with Crippen molar-refractivity contribution in [1.82, 2.24) is 19.7 Å². The van der Waals surface area contributed by atoms with Gasteiger partial charge in [0.1, 0.15) is 5.82 Å². The third kappa shape index (κ3) is 4.81. The number of rotatable bonds is 6. The number of aryl methyl sites for hydroxylation is 1. The van der Waals surface area contributed by atoms with E-state index in [1.54, 1.807) is 0 Å². The number of amides is 1. The normalized spacial score (nSPS) is 11.4. The number of benzene rings is 2. The van der Waals surface area contributed by atoms with Crippen molar-refractivity contribution in [2.75, 3.05) is 5.75 Å². The van der Waals surface area contributed by atoms with Gasteiger partial charge in [0.2, 0.25) is 5.91 Å². The molecular formula is C22H26N4OS. The number of hydrogen-bond donors (Lipinski definition) is 0. The van der Waals surface area contributed by atoms with Gasteiger partial charge in [-0.25, -0.2) is 0 Å². The molecule has 1 aromatic heterocycles. The van der Waals surface area contributed by atoms with Crippen LogP contribution in [0, 0.1) is 6.92 Å². The monoisotopic (exact) mass is 394 g/mol. The lowest BCUT2D eigenvalue weighted by Gasteiger charge is -2.36. The molecule has 1 heterocycles. The van der Waals surface area contributed by atoms with Crippen LogP contribution in [-0.2, 0) is 11.3 Å². The smallest absolute Gasteiger partial charge is 0.233 e. The Morgan fingerprint density at radius 3 is 2.21 bits per heavy atom. The Morgan fingerprint density at radius 2 is 1.61 bits per heavy atom. The summed E-state index contributed by atoms with van der Waals surface area (Å²) in [7, 11) is 0. The number of aromatic nitrogens is 3. The van der Waals surface area contributed by atoms with Crippen molar-refractivity contribution in [1.29, 1.82) is 0 Å². The van der Waals surface area contributed by atoms with Gasteiger partial charge >= 0.3 is 0 Å². The van der Waals surface area contributed by atoms with E-state index in [9.17, 15) is 4.79 Å². The average Bonchev–Trinajstić information content (AvgIpc) is 3.05. The zero-order valence-corrected chi connectivity index (χ0v) is 17.6. The first-order valence-corrected chi connectivity index (χ1v) is 10.3. The molecule has 0 saturated carbocycles. The van der Waals surface area contributed by atoms with E-state index in [2.05, 4.69) is 43.1 Å². The van der Waals surface area contributed by atoms with Gasteiger partial charge in [-0.2, -0.15) is 0 Å². The van der Waals surface area contributed by atoms with E-state index in [1.165, 1.54) is 11.8 Å². The minimum atomic E-state index is -0.267. The first-order valence-electron chi connectivity index (χ1n) is 9.31. The van der Waals surface area contributed by atoms with Crippen LogP contribution < -0.4 is 0 Å². The van der Waals surface area contributed by atoms with E-state index in [1.807, 2.05) is 64.9 Å². The summed E-state index contributed by atoms with van der Waals surface area (Å²) in [6.07, 6.45) is 0. The van der Waals surface area contributed by atoms with Crippen LogP contribution in [0.15, 0.2) is 65.8 Å². The molecule has 146 valence electrons. The molecule has 5 nitrogen and oxygen atoms in total. The van der Waals surface area contributed by atoms with Crippen LogP contribution in [-0.4, -0.2) is 36.9 Å². The van der Waals surface area contributed by atoms with Crippen LogP contribution >= 0.6 is 11.8 Å². The highest BCUT2D eigenvalue weighted by atomic mass is 32.2. The van der Waals surface area contributed by atoms with Crippen LogP contribution in [0.1, 0.15) is 32.2 Å². The Balaban J connectivity index is 1.75. The molecule has 0 spiro atoms. The zero-order chi connectivity index (χ0) is 20.1. The molecule has 0 aliphatic rings. The topological polar surface area (TPSA) is 51.0 Å². The molecule has 0 N–H and O–H groups in total. The van der Waals surface area contributed by atoms with Crippen molar-refractivity contribution in [3.05, 3.63) is 72.1 Å². The number of nitrogens with zero attached hydrogens (tertiary/aromatic N) is 4. The highest BCUT2D eigenvalue weighted by Gasteiger charge is 2.27. The lowest BCUT2D eigenvalue weighted by molar-refractivity contribution is -0.133. The quantitative estimate of drug-likeness (QED) is 0.578. The molecule has 0 unspecified atom stereocenters. The highest BCUT2D eigenvalue weighted by Crippen LogP contribution is 2.24. The van der Waals surface area contributed by atoms with Gasteiger partial charge in [0.25, 0.3) is 0 Å². The summed E-state index contributed by atoms with van der Waals surface area (Å²) < 4.78 is 1.98. The molecule has 0 aliphatic heterocycles. The Hall–Kier alpha value is -2.60. The summed E-state index contributed by atoms with van der Waals surface area (Å²) in [4.78, 5) is 15.0. The molecule has 28 heavy (non-hydrogen) atoms. The maximum Gasteiger partial charge on any atom is 0.233 e. The largest absolute Gasteiger partial charge is 0.333 e. The Bertz CT molecular complexity index is 917. The Labute approximate surface area is 170 Å². The first kappa shape index (κ1) is 20.1. The minimum absolute atomic E-state index is 0.0848. The Morgan fingerprint density at radius 1 is 1.00 bits per heavy atom. The second-order valence-corrected chi connectivity index (χ2v) is 8.57. The van der Waals surface area contributed by atoms with Crippen LogP contribution in [0.25, 0.3) is 5.69 Å². The molecule has 0 aliphatic carbocycles. The van der Waals surface area contributed by atoms with E-state index in [0.717, 1.165) is 22.2 Å². The van der Waals surface area contributed by atoms with Crippen molar-refractivity contribution in [2.24, 2.45) is 0 Å². The maximum absolute atomic E-state index is 13.1. The fourth-order valence-corrected chi connectivity index (χ4v) is 3.85. The van der Waals surface area contributed by atoms with Gasteiger partial charge < -0.3 is 4.90 Å². The van der Waals surface area contributed by atoms with E-state index < -0.39 is 0 Å². The molecule has 3 aromatic rings. The minimum Gasteiger partial charge on any atom is -0.333 e. The van der Waals surface area contributed by atoms with Gasteiger partial charge in [0.05, 0.1) is 5.75 Å². The van der Waals surface area contributed by atoms with E-state index in [0.29, 0.717) is 12.3 Å². The van der Waals surface area contributed by atoms with Crippen LogP contribution in [0.5, 0.6) is 0 Å². The predicted molar refractivity (Wildman–Crippen MR) is 114 cm³/mol. The summed E-state index contributed by atoms with van der Waals surface area (Å²) in [5.41, 5.74) is 1.85. The lowest BCUT2D eigenvalue weighted by Crippen LogP contribution is -2.45. The number of carbonyl (C=O) groups excluding carboxylic acids is 1. The molecule has 0 fully saturated rings. The molecule has 3 rings (SSSR count). The van der Waals surface area contributed by atoms with Crippen molar-refractivity contribution in [3.8, 4) is 5.69 Å². The van der Waals surface area contributed by atoms with Crippen LogP contribution in [0.3, 0.4) is 0 Å². The first-order chi connectivity index (χ1) is 13.4. The standard InChI is InChI=1S/C22H26N4OS/c1-17-23-24-21(26(17)19-13-9-6-10-14-19)28-16-20(27)25(22(2,3)4)15-18-11-7-5-8-12-18/h5-14H,15-16H2,1-4H3. The van der Waals surface area contributed by atoms with E-state index >= 15 is 0 Å². The summed E-state index contributed by atoms with van der Waals surface area (Å²) in [6.45, 7) is 8.70. The second kappa shape index (κ2) is 8.61. The maximum atomic E-state index is 13.1. The third-order valence-corrected chi connectivity index (χ3v) is 5.34. The molecular weight excluding hydrogens is 368 g/mol. The molecule has 0 radical (unpaired) electrons. The van der Waals surface area contributed by atoms with Gasteiger partial charge in [-0.3, -0.25) is 9.36 Å². The summed E-state index contributed by atoms with van der Waals surface area (Å²) >= 11 is 1.42. The van der Waals surface area contributed by atoms with Crippen molar-refractivity contribution < 1.29 is 4.79 Å². The molecule has 0 bridgehead atoms. The number of para-hydroxylation sites is 1. The molecule has 2 aromatic carbocycles. The third-order valence-electron chi connectivity index (χ3n) is 4.43. The van der Waals surface area contributed by atoms with E-state index in [-0.39, 0.29) is 11.4 Å². The highest BCUT2D eigenvalue weighted by molar-refractivity contribution is 7.99. The predicted octanol–water partition coefficient (Wildman–Crippen LogP) is 4.50. The molecule has 1 amide bonds. The molecule has 6 heteroatoms. The second-order valence-electron chi connectivity index (χ2n) is 7.63. The van der Waals surface area contributed by atoms with Gasteiger partial charge in [-0.1, -0.05) is 60.3 Å². The summed E-state index contributed by atoms with van der Waals surface area (Å²) in [5.74, 6) is 1.20. The van der Waals surface area contributed by atoms with Crippen molar-refractivity contribution in [3.63, 3.8) is 0 Å². The molecule has 0 atom stereocenters. The van der Waals surface area contributed by atoms with Crippen molar-refractivity contribution in [2.45, 2.75) is 44.9 Å². The SMILES string of the molecule is Cc1nnc(SCC(=O)N(Cc2ccccc2)C(C)(C)C)n1-c1ccccc1. The average molecular weight is 395 g/mol. The summed E-state index contributed by atoms with van der Waals surface area (Å²) in [5, 5.41) is 9.20.